The second-order valence-electron chi connectivity index (χ2n) is 3.96. The molecule has 1 aromatic heterocycles. The molecule has 0 bridgehead atoms. The first-order chi connectivity index (χ1) is 8.20. The van der Waals surface area contributed by atoms with Gasteiger partial charge in [-0.2, -0.15) is 5.26 Å². The molecule has 0 spiro atoms. The smallest absolute Gasteiger partial charge is 0.0994 e. The molecule has 0 radical (unpaired) electrons. The van der Waals surface area contributed by atoms with Crippen molar-refractivity contribution in [2.45, 2.75) is 13.8 Å². The number of aryl methyl sites for hydroxylation is 2. The zero-order chi connectivity index (χ0) is 12.3. The van der Waals surface area contributed by atoms with Crippen molar-refractivity contribution in [1.29, 1.82) is 5.26 Å². The topological polar surface area (TPSA) is 48.7 Å². The summed E-state index contributed by atoms with van der Waals surface area (Å²) in [6.07, 6.45) is 3.56. The highest BCUT2D eigenvalue weighted by Crippen LogP contribution is 2.21. The van der Waals surface area contributed by atoms with E-state index >= 15 is 0 Å². The summed E-state index contributed by atoms with van der Waals surface area (Å²) in [5.74, 6) is 0. The zero-order valence-corrected chi connectivity index (χ0v) is 9.86. The Morgan fingerprint density at radius 2 is 2.00 bits per heavy atom. The molecule has 1 aromatic carbocycles. The van der Waals surface area contributed by atoms with Crippen LogP contribution in [0.25, 0.3) is 0 Å². The molecule has 0 atom stereocenters. The van der Waals surface area contributed by atoms with Crippen LogP contribution in [0.2, 0.25) is 0 Å². The molecule has 0 saturated heterocycles. The first kappa shape index (κ1) is 11.2. The fourth-order valence-corrected chi connectivity index (χ4v) is 1.62. The van der Waals surface area contributed by atoms with Crippen molar-refractivity contribution in [3.05, 3.63) is 53.3 Å². The van der Waals surface area contributed by atoms with Gasteiger partial charge in [0, 0.05) is 11.9 Å². The van der Waals surface area contributed by atoms with E-state index in [4.69, 9.17) is 5.26 Å². The number of aromatic nitrogens is 1. The zero-order valence-electron chi connectivity index (χ0n) is 9.86. The first-order valence-electron chi connectivity index (χ1n) is 5.39. The third-order valence-corrected chi connectivity index (χ3v) is 2.66. The minimum absolute atomic E-state index is 0.707. The van der Waals surface area contributed by atoms with Gasteiger partial charge in [0.2, 0.25) is 0 Å². The van der Waals surface area contributed by atoms with Crippen LogP contribution in [0.4, 0.5) is 11.4 Å². The van der Waals surface area contributed by atoms with Crippen molar-refractivity contribution in [2.24, 2.45) is 0 Å². The second kappa shape index (κ2) is 4.67. The lowest BCUT2D eigenvalue weighted by Gasteiger charge is -2.09. The van der Waals surface area contributed by atoms with Crippen LogP contribution < -0.4 is 5.32 Å². The molecule has 0 amide bonds. The van der Waals surface area contributed by atoms with Crippen LogP contribution in [-0.4, -0.2) is 4.98 Å². The van der Waals surface area contributed by atoms with Gasteiger partial charge >= 0.3 is 0 Å². The molecule has 0 unspecified atom stereocenters. The number of rotatable bonds is 2. The molecule has 1 heterocycles. The number of pyridine rings is 1. The van der Waals surface area contributed by atoms with Gasteiger partial charge in [-0.25, -0.2) is 0 Å². The van der Waals surface area contributed by atoms with Crippen LogP contribution in [0.5, 0.6) is 0 Å². The summed E-state index contributed by atoms with van der Waals surface area (Å²) in [6, 6.07) is 9.80. The number of benzene rings is 1. The van der Waals surface area contributed by atoms with Crippen LogP contribution in [0, 0.1) is 25.2 Å². The van der Waals surface area contributed by atoms with E-state index in [0.717, 1.165) is 22.5 Å². The molecule has 3 heteroatoms. The minimum Gasteiger partial charge on any atom is -0.354 e. The first-order valence-corrected chi connectivity index (χ1v) is 5.39. The standard InChI is InChI=1S/C14H13N3/c1-10-5-6-16-9-14(10)17-13-4-3-12(8-15)11(2)7-13/h3-7,9,17H,1-2H3. The number of nitriles is 1. The van der Waals surface area contributed by atoms with Crippen molar-refractivity contribution in [3.63, 3.8) is 0 Å². The Kier molecular flexibility index (Phi) is 3.06. The van der Waals surface area contributed by atoms with Gasteiger partial charge in [-0.15, -0.1) is 0 Å². The van der Waals surface area contributed by atoms with Crippen molar-refractivity contribution < 1.29 is 0 Å². The van der Waals surface area contributed by atoms with Crippen LogP contribution in [0.1, 0.15) is 16.7 Å². The lowest BCUT2D eigenvalue weighted by molar-refractivity contribution is 1.28. The Morgan fingerprint density at radius 1 is 1.18 bits per heavy atom. The van der Waals surface area contributed by atoms with Crippen molar-refractivity contribution in [3.8, 4) is 6.07 Å². The molecule has 1 N–H and O–H groups in total. The Hall–Kier alpha value is -2.34. The van der Waals surface area contributed by atoms with Crippen molar-refractivity contribution in [1.82, 2.24) is 4.98 Å². The fraction of sp³-hybridized carbons (Fsp3) is 0.143. The van der Waals surface area contributed by atoms with Crippen molar-refractivity contribution in [2.75, 3.05) is 5.32 Å². The number of anilines is 2. The average Bonchev–Trinajstić information content (AvgIpc) is 2.32. The molecule has 84 valence electrons. The van der Waals surface area contributed by atoms with Gasteiger partial charge in [-0.05, 0) is 49.2 Å². The van der Waals surface area contributed by atoms with E-state index in [1.807, 2.05) is 38.1 Å². The molecule has 3 nitrogen and oxygen atoms in total. The van der Waals surface area contributed by atoms with Crippen molar-refractivity contribution >= 4 is 11.4 Å². The monoisotopic (exact) mass is 223 g/mol. The van der Waals surface area contributed by atoms with E-state index in [1.54, 1.807) is 12.4 Å². The highest BCUT2D eigenvalue weighted by molar-refractivity contribution is 5.63. The van der Waals surface area contributed by atoms with Gasteiger partial charge in [-0.3, -0.25) is 4.98 Å². The maximum absolute atomic E-state index is 8.86. The van der Waals surface area contributed by atoms with Gasteiger partial charge < -0.3 is 5.32 Å². The van der Waals surface area contributed by atoms with E-state index in [2.05, 4.69) is 16.4 Å². The lowest BCUT2D eigenvalue weighted by atomic mass is 10.1. The van der Waals surface area contributed by atoms with E-state index in [9.17, 15) is 0 Å². The molecule has 17 heavy (non-hydrogen) atoms. The quantitative estimate of drug-likeness (QED) is 0.849. The van der Waals surface area contributed by atoms with Gasteiger partial charge in [0.25, 0.3) is 0 Å². The average molecular weight is 223 g/mol. The van der Waals surface area contributed by atoms with Crippen LogP contribution in [0.3, 0.4) is 0 Å². The number of nitrogens with one attached hydrogen (secondary N) is 1. The molecule has 2 aromatic rings. The highest BCUT2D eigenvalue weighted by Gasteiger charge is 2.01. The molecule has 0 aliphatic heterocycles. The molecule has 0 aliphatic rings. The van der Waals surface area contributed by atoms with E-state index in [1.165, 1.54) is 0 Å². The SMILES string of the molecule is Cc1cc(Nc2cnccc2C)ccc1C#N. The van der Waals surface area contributed by atoms with Gasteiger partial charge in [-0.1, -0.05) is 0 Å². The maximum Gasteiger partial charge on any atom is 0.0994 e. The minimum atomic E-state index is 0.707. The summed E-state index contributed by atoms with van der Waals surface area (Å²) in [5, 5.41) is 12.2. The molecule has 0 fully saturated rings. The second-order valence-corrected chi connectivity index (χ2v) is 3.96. The van der Waals surface area contributed by atoms with Crippen LogP contribution in [-0.2, 0) is 0 Å². The fourth-order valence-electron chi connectivity index (χ4n) is 1.62. The largest absolute Gasteiger partial charge is 0.354 e. The normalized spacial score (nSPS) is 9.71. The molecular formula is C14H13N3. The predicted molar refractivity (Wildman–Crippen MR) is 68.2 cm³/mol. The van der Waals surface area contributed by atoms with Crippen LogP contribution in [0.15, 0.2) is 36.7 Å². The summed E-state index contributed by atoms with van der Waals surface area (Å²) < 4.78 is 0. The summed E-state index contributed by atoms with van der Waals surface area (Å²) in [4.78, 5) is 4.08. The van der Waals surface area contributed by atoms with E-state index in [0.29, 0.717) is 5.56 Å². The van der Waals surface area contributed by atoms with Crippen LogP contribution >= 0.6 is 0 Å². The number of hydrogen-bond acceptors (Lipinski definition) is 3. The summed E-state index contributed by atoms with van der Waals surface area (Å²) in [6.45, 7) is 3.96. The summed E-state index contributed by atoms with van der Waals surface area (Å²) in [5.41, 5.74) is 4.77. The molecule has 0 saturated carbocycles. The Bertz CT molecular complexity index is 582. The van der Waals surface area contributed by atoms with E-state index in [-0.39, 0.29) is 0 Å². The third kappa shape index (κ3) is 2.43. The maximum atomic E-state index is 8.86. The Balaban J connectivity index is 2.29. The lowest BCUT2D eigenvalue weighted by Crippen LogP contribution is -1.95. The molecule has 0 aliphatic carbocycles. The molecular weight excluding hydrogens is 210 g/mol. The highest BCUT2D eigenvalue weighted by atomic mass is 14.9. The molecule has 2 rings (SSSR count). The Morgan fingerprint density at radius 3 is 2.65 bits per heavy atom. The Labute approximate surface area is 101 Å². The predicted octanol–water partition coefficient (Wildman–Crippen LogP) is 3.31. The third-order valence-electron chi connectivity index (χ3n) is 2.66. The van der Waals surface area contributed by atoms with E-state index < -0.39 is 0 Å². The van der Waals surface area contributed by atoms with Gasteiger partial charge in [0.15, 0.2) is 0 Å². The summed E-state index contributed by atoms with van der Waals surface area (Å²) in [7, 11) is 0. The number of hydrogen-bond donors (Lipinski definition) is 1. The van der Waals surface area contributed by atoms with Gasteiger partial charge in [0.05, 0.1) is 23.5 Å². The van der Waals surface area contributed by atoms with Gasteiger partial charge in [0.1, 0.15) is 0 Å². The number of nitrogens with zero attached hydrogens (tertiary/aromatic N) is 2. The summed E-state index contributed by atoms with van der Waals surface area (Å²) >= 11 is 0.